The van der Waals surface area contributed by atoms with Crippen LogP contribution in [0.25, 0.3) is 16.6 Å². The van der Waals surface area contributed by atoms with Crippen molar-refractivity contribution >= 4 is 34.1 Å². The molecule has 0 aliphatic carbocycles. The lowest BCUT2D eigenvalue weighted by atomic mass is 10.1. The van der Waals surface area contributed by atoms with Gasteiger partial charge < -0.3 is 25.8 Å². The molecule has 3 heterocycles. The van der Waals surface area contributed by atoms with Crippen LogP contribution in [0.15, 0.2) is 77.9 Å². The number of benzene rings is 3. The van der Waals surface area contributed by atoms with Crippen LogP contribution in [0.4, 0.5) is 15.8 Å². The smallest absolute Gasteiger partial charge is 0.277 e. The van der Waals surface area contributed by atoms with E-state index >= 15 is 0 Å². The second kappa shape index (κ2) is 13.2. The second-order valence-electron chi connectivity index (χ2n) is 12.1. The number of hydrogen-bond donors (Lipinski definition) is 3. The van der Waals surface area contributed by atoms with Gasteiger partial charge in [0.05, 0.1) is 24.3 Å². The summed E-state index contributed by atoms with van der Waals surface area (Å²) in [4.78, 5) is 45.7. The van der Waals surface area contributed by atoms with Gasteiger partial charge in [0.25, 0.3) is 5.56 Å². The van der Waals surface area contributed by atoms with Gasteiger partial charge in [-0.3, -0.25) is 19.0 Å². The van der Waals surface area contributed by atoms with Crippen molar-refractivity contribution in [2.24, 2.45) is 5.73 Å². The van der Waals surface area contributed by atoms with Crippen molar-refractivity contribution in [3.63, 3.8) is 0 Å². The van der Waals surface area contributed by atoms with E-state index in [0.29, 0.717) is 11.4 Å². The van der Waals surface area contributed by atoms with Gasteiger partial charge in [-0.1, -0.05) is 12.1 Å². The molecular weight excluding hydrogens is 597 g/mol. The van der Waals surface area contributed by atoms with Gasteiger partial charge >= 0.3 is 0 Å². The highest BCUT2D eigenvalue weighted by atomic mass is 19.1. The lowest BCUT2D eigenvalue weighted by molar-refractivity contribution is -0.117. The summed E-state index contributed by atoms with van der Waals surface area (Å²) in [6.07, 6.45) is 5.82. The fourth-order valence-corrected chi connectivity index (χ4v) is 6.11. The van der Waals surface area contributed by atoms with Crippen molar-refractivity contribution in [3.8, 4) is 5.69 Å². The molecule has 1 saturated heterocycles. The van der Waals surface area contributed by atoms with Gasteiger partial charge in [-0.25, -0.2) is 9.37 Å². The number of carbonyl (C=O) groups is 2. The number of amides is 2. The monoisotopic (exact) mass is 635 g/mol. The summed E-state index contributed by atoms with van der Waals surface area (Å²) in [5, 5.41) is 6.44. The maximum atomic E-state index is 14.2. The van der Waals surface area contributed by atoms with Crippen LogP contribution in [0.5, 0.6) is 0 Å². The van der Waals surface area contributed by atoms with Crippen molar-refractivity contribution < 1.29 is 14.0 Å². The summed E-state index contributed by atoms with van der Waals surface area (Å²) in [6, 6.07) is 17.4. The Balaban J connectivity index is 1.47. The van der Waals surface area contributed by atoms with Crippen LogP contribution in [0, 0.1) is 12.7 Å². The van der Waals surface area contributed by atoms with Gasteiger partial charge in [-0.15, -0.1) is 0 Å². The predicted molar refractivity (Wildman–Crippen MR) is 182 cm³/mol. The van der Waals surface area contributed by atoms with Crippen LogP contribution in [-0.4, -0.2) is 52.1 Å². The number of anilines is 2. The largest absolute Gasteiger partial charge is 0.371 e. The van der Waals surface area contributed by atoms with Crippen molar-refractivity contribution in [2.45, 2.75) is 45.7 Å². The van der Waals surface area contributed by atoms with Gasteiger partial charge in [-0.05, 0) is 99.0 Å². The zero-order valence-corrected chi connectivity index (χ0v) is 26.7. The van der Waals surface area contributed by atoms with E-state index in [1.807, 2.05) is 25.3 Å². The number of nitrogens with zero attached hydrogens (tertiary/aromatic N) is 4. The highest BCUT2D eigenvalue weighted by molar-refractivity contribution is 5.94. The van der Waals surface area contributed by atoms with E-state index in [2.05, 4.69) is 37.2 Å². The van der Waals surface area contributed by atoms with E-state index in [-0.39, 0.29) is 30.4 Å². The lowest BCUT2D eigenvalue weighted by Gasteiger charge is -2.22. The fraction of sp³-hybridized carbons (Fsp3) is 0.278. The number of fused-ring (bicyclic) bond motifs is 1. The maximum absolute atomic E-state index is 14.2. The van der Waals surface area contributed by atoms with Gasteiger partial charge in [0, 0.05) is 48.0 Å². The minimum absolute atomic E-state index is 0.0664. The van der Waals surface area contributed by atoms with Crippen LogP contribution < -0.4 is 26.8 Å². The minimum Gasteiger partial charge on any atom is -0.371 e. The van der Waals surface area contributed by atoms with Gasteiger partial charge in [0.1, 0.15) is 17.3 Å². The fourth-order valence-electron chi connectivity index (χ4n) is 6.11. The summed E-state index contributed by atoms with van der Waals surface area (Å²) in [6.45, 7) is 5.68. The van der Waals surface area contributed by atoms with E-state index in [4.69, 9.17) is 5.73 Å². The van der Waals surface area contributed by atoms with E-state index in [9.17, 15) is 18.8 Å². The third-order valence-electron chi connectivity index (χ3n) is 8.81. The first kappa shape index (κ1) is 31.7. The molecule has 4 N–H and O–H groups in total. The lowest BCUT2D eigenvalue weighted by Crippen LogP contribution is -2.38. The van der Waals surface area contributed by atoms with E-state index in [0.717, 1.165) is 64.9 Å². The molecule has 0 radical (unpaired) electrons. The molecule has 1 unspecified atom stereocenters. The number of rotatable bonds is 10. The Morgan fingerprint density at radius 2 is 1.79 bits per heavy atom. The average Bonchev–Trinajstić information content (AvgIpc) is 3.72. The number of aryl methyl sites for hydroxylation is 1. The standard InChI is InChI=1S/C36H38FN7O3/c1-22-20-43(32-10-9-27(37)17-30(22)32)29-15-25(14-28(18-29)42-11-4-5-12-42)21-44-33(16-24-7-6-8-26(13-24)34(38)45)40-19-31(36(44)47)41-35(46)23(2)39-3/h6-10,13-15,17-20,23,39H,4-5,11-12,16,21H2,1-3H3,(H2,38,45)(H,41,46). The number of halogens is 1. The van der Waals surface area contributed by atoms with Crippen molar-refractivity contribution in [1.82, 2.24) is 19.4 Å². The third-order valence-corrected chi connectivity index (χ3v) is 8.81. The van der Waals surface area contributed by atoms with E-state index in [1.54, 1.807) is 48.9 Å². The molecule has 1 fully saturated rings. The first-order chi connectivity index (χ1) is 22.6. The molecular formula is C36H38FN7O3. The zero-order chi connectivity index (χ0) is 33.2. The predicted octanol–water partition coefficient (Wildman–Crippen LogP) is 4.52. The average molecular weight is 636 g/mol. The molecule has 0 saturated carbocycles. The van der Waals surface area contributed by atoms with Crippen molar-refractivity contribution in [3.05, 3.63) is 117 Å². The summed E-state index contributed by atoms with van der Waals surface area (Å²) in [5.41, 5.74) is 10.9. The number of likely N-dealkylation sites (N-methyl/N-ethyl adjacent to an activating group) is 1. The first-order valence-corrected chi connectivity index (χ1v) is 15.7. The van der Waals surface area contributed by atoms with Crippen LogP contribution in [0.3, 0.4) is 0 Å². The van der Waals surface area contributed by atoms with Crippen LogP contribution in [0.1, 0.15) is 52.6 Å². The number of primary amides is 1. The van der Waals surface area contributed by atoms with Gasteiger partial charge in [0.2, 0.25) is 11.8 Å². The van der Waals surface area contributed by atoms with Crippen LogP contribution in [0.2, 0.25) is 0 Å². The molecule has 2 aromatic heterocycles. The molecule has 11 heteroatoms. The molecule has 2 amide bonds. The number of aromatic nitrogens is 3. The highest BCUT2D eigenvalue weighted by Crippen LogP contribution is 2.30. The van der Waals surface area contributed by atoms with Gasteiger partial charge in [0.15, 0.2) is 0 Å². The summed E-state index contributed by atoms with van der Waals surface area (Å²) in [7, 11) is 1.67. The zero-order valence-electron chi connectivity index (χ0n) is 26.7. The van der Waals surface area contributed by atoms with E-state index in [1.165, 1.54) is 12.3 Å². The third kappa shape index (κ3) is 6.66. The Bertz CT molecular complexity index is 2040. The molecule has 1 aliphatic heterocycles. The van der Waals surface area contributed by atoms with Gasteiger partial charge in [-0.2, -0.15) is 0 Å². The second-order valence-corrected chi connectivity index (χ2v) is 12.1. The topological polar surface area (TPSA) is 127 Å². The Morgan fingerprint density at radius 3 is 2.53 bits per heavy atom. The maximum Gasteiger partial charge on any atom is 0.277 e. The number of nitrogens with two attached hydrogens (primary N) is 1. The number of hydrogen-bond acceptors (Lipinski definition) is 6. The Morgan fingerprint density at radius 1 is 1.02 bits per heavy atom. The minimum atomic E-state index is -0.546. The molecule has 1 atom stereocenters. The highest BCUT2D eigenvalue weighted by Gasteiger charge is 2.20. The molecule has 5 aromatic rings. The van der Waals surface area contributed by atoms with Crippen LogP contribution >= 0.6 is 0 Å². The molecule has 10 nitrogen and oxygen atoms in total. The molecule has 1 aliphatic rings. The quantitative estimate of drug-likeness (QED) is 0.207. The first-order valence-electron chi connectivity index (χ1n) is 15.7. The van der Waals surface area contributed by atoms with Crippen molar-refractivity contribution in [1.29, 1.82) is 0 Å². The van der Waals surface area contributed by atoms with Crippen molar-refractivity contribution in [2.75, 3.05) is 30.4 Å². The Labute approximate surface area is 272 Å². The Hall–Kier alpha value is -5.29. The summed E-state index contributed by atoms with van der Waals surface area (Å²) >= 11 is 0. The molecule has 47 heavy (non-hydrogen) atoms. The molecule has 3 aromatic carbocycles. The normalized spacial score (nSPS) is 13.7. The molecule has 242 valence electrons. The summed E-state index contributed by atoms with van der Waals surface area (Å²) in [5.74, 6) is -0.732. The molecule has 6 rings (SSSR count). The molecule has 0 bridgehead atoms. The number of nitrogens with one attached hydrogen (secondary N) is 2. The SMILES string of the molecule is CNC(C)C(=O)Nc1cnc(Cc2cccc(C(N)=O)c2)n(Cc2cc(N3CCCC3)cc(-n3cc(C)c4cc(F)ccc43)c2)c1=O. The number of carbonyl (C=O) groups excluding carboxylic acids is 2. The van der Waals surface area contributed by atoms with Crippen LogP contribution in [-0.2, 0) is 17.8 Å². The molecule has 0 spiro atoms. The Kier molecular flexibility index (Phi) is 8.91. The summed E-state index contributed by atoms with van der Waals surface area (Å²) < 4.78 is 17.8. The van der Waals surface area contributed by atoms with E-state index < -0.39 is 17.5 Å².